The normalized spacial score (nSPS) is 20.3. The molecule has 2 atom stereocenters. The topological polar surface area (TPSA) is 70.6 Å². The number of halogens is 4. The molecule has 3 heterocycles. The summed E-state index contributed by atoms with van der Waals surface area (Å²) in [4.78, 5) is 16.7. The molecule has 2 aliphatic rings. The third kappa shape index (κ3) is 6.49. The van der Waals surface area contributed by atoms with E-state index in [0.29, 0.717) is 23.3 Å². The number of alkyl halides is 3. The Kier molecular flexibility index (Phi) is 8.65. The number of nitrogens with one attached hydrogen (secondary N) is 1. The van der Waals surface area contributed by atoms with Crippen molar-refractivity contribution in [1.29, 1.82) is 0 Å². The van der Waals surface area contributed by atoms with Gasteiger partial charge in [0.1, 0.15) is 11.4 Å². The van der Waals surface area contributed by atoms with Crippen LogP contribution in [0.25, 0.3) is 12.2 Å². The molecule has 1 N–H and O–H groups in total. The molecule has 222 valence electrons. The Hall–Kier alpha value is -3.63. The minimum absolute atomic E-state index is 0.0505. The zero-order valence-corrected chi connectivity index (χ0v) is 24.3. The molecule has 4 rings (SSSR count). The number of rotatable bonds is 6. The van der Waals surface area contributed by atoms with Gasteiger partial charge in [0.25, 0.3) is 0 Å². The van der Waals surface area contributed by atoms with E-state index in [1.54, 1.807) is 4.90 Å². The number of hydrogen-bond donors (Lipinski definition) is 1. The molecule has 0 aliphatic carbocycles. The largest absolute Gasteiger partial charge is 0.444 e. The highest BCUT2D eigenvalue weighted by Gasteiger charge is 2.50. The lowest BCUT2D eigenvalue weighted by Gasteiger charge is -2.47. The Morgan fingerprint density at radius 1 is 1.15 bits per heavy atom. The van der Waals surface area contributed by atoms with E-state index in [0.717, 1.165) is 36.4 Å². The second-order valence-electron chi connectivity index (χ2n) is 11.3. The average Bonchev–Trinajstić information content (AvgIpc) is 3.17. The van der Waals surface area contributed by atoms with Crippen LogP contribution in [0, 0.1) is 12.7 Å². The van der Waals surface area contributed by atoms with Crippen molar-refractivity contribution in [2.24, 2.45) is 0 Å². The van der Waals surface area contributed by atoms with Gasteiger partial charge in [0.2, 0.25) is 0 Å². The molecule has 2 saturated heterocycles. The van der Waals surface area contributed by atoms with Crippen LogP contribution in [0.15, 0.2) is 30.0 Å². The molecule has 0 spiro atoms. The summed E-state index contributed by atoms with van der Waals surface area (Å²) in [6, 6.07) is 3.41. The molecule has 11 heteroatoms. The Labute approximate surface area is 237 Å². The van der Waals surface area contributed by atoms with Gasteiger partial charge in [0.05, 0.1) is 23.3 Å². The number of likely N-dealkylation sites (tertiary alicyclic amines) is 2. The predicted molar refractivity (Wildman–Crippen MR) is 150 cm³/mol. The van der Waals surface area contributed by atoms with Crippen molar-refractivity contribution >= 4 is 24.1 Å². The van der Waals surface area contributed by atoms with Crippen LogP contribution in [-0.4, -0.2) is 56.9 Å². The molecule has 2 unspecified atom stereocenters. The first kappa shape index (κ1) is 30.3. The Morgan fingerprint density at radius 3 is 2.51 bits per heavy atom. The van der Waals surface area contributed by atoms with Crippen molar-refractivity contribution in [2.75, 3.05) is 18.4 Å². The third-order valence-corrected chi connectivity index (χ3v) is 7.31. The van der Waals surface area contributed by atoms with Gasteiger partial charge in [0, 0.05) is 41.3 Å². The summed E-state index contributed by atoms with van der Waals surface area (Å²) in [6.45, 7) is 12.4. The molecule has 41 heavy (non-hydrogen) atoms. The van der Waals surface area contributed by atoms with Crippen LogP contribution >= 0.6 is 0 Å². The van der Waals surface area contributed by atoms with Crippen molar-refractivity contribution in [3.63, 3.8) is 0 Å². The second-order valence-corrected chi connectivity index (χ2v) is 11.3. The van der Waals surface area contributed by atoms with Crippen molar-refractivity contribution in [3.8, 4) is 0 Å². The maximum absolute atomic E-state index is 14.7. The van der Waals surface area contributed by atoms with Crippen LogP contribution in [0.3, 0.4) is 0 Å². The molecule has 1 aromatic heterocycles. The van der Waals surface area contributed by atoms with Gasteiger partial charge < -0.3 is 19.9 Å². The van der Waals surface area contributed by atoms with E-state index in [4.69, 9.17) is 4.74 Å². The van der Waals surface area contributed by atoms with Gasteiger partial charge in [0.15, 0.2) is 5.82 Å². The van der Waals surface area contributed by atoms with Gasteiger partial charge in [-0.05, 0) is 59.6 Å². The van der Waals surface area contributed by atoms with E-state index in [2.05, 4.69) is 26.5 Å². The number of anilines is 1. The van der Waals surface area contributed by atoms with Gasteiger partial charge in [-0.3, -0.25) is 0 Å². The Morgan fingerprint density at radius 2 is 1.88 bits per heavy atom. The molecule has 2 aliphatic heterocycles. The quantitative estimate of drug-likeness (QED) is 0.482. The van der Waals surface area contributed by atoms with Crippen LogP contribution in [0.1, 0.15) is 64.3 Å². The van der Waals surface area contributed by atoms with Crippen LogP contribution in [0.5, 0.6) is 0 Å². The summed E-state index contributed by atoms with van der Waals surface area (Å²) in [7, 11) is 0. The molecule has 2 fully saturated rings. The summed E-state index contributed by atoms with van der Waals surface area (Å²) in [5, 5.41) is 13.0. The fourth-order valence-corrected chi connectivity index (χ4v) is 5.40. The van der Waals surface area contributed by atoms with E-state index < -0.39 is 23.2 Å². The van der Waals surface area contributed by atoms with Crippen molar-refractivity contribution in [3.05, 3.63) is 63.0 Å². The Bertz CT molecular complexity index is 1450. The van der Waals surface area contributed by atoms with E-state index in [9.17, 15) is 22.4 Å². The van der Waals surface area contributed by atoms with Crippen LogP contribution < -0.4 is 15.8 Å². The second kappa shape index (κ2) is 11.7. The first-order valence-corrected chi connectivity index (χ1v) is 13.8. The first-order valence-electron chi connectivity index (χ1n) is 13.8. The fourth-order valence-electron chi connectivity index (χ4n) is 5.40. The minimum Gasteiger partial charge on any atom is -0.444 e. The van der Waals surface area contributed by atoms with Crippen LogP contribution in [0.4, 0.5) is 28.2 Å². The summed E-state index contributed by atoms with van der Waals surface area (Å²) in [5.74, 6) is -0.975. The molecular formula is C30H37F4N5O2. The zero-order chi connectivity index (χ0) is 30.1. The molecule has 0 saturated carbocycles. The molecular weight excluding hydrogens is 538 g/mol. The highest BCUT2D eigenvalue weighted by molar-refractivity contribution is 5.70. The number of carbonyl (C=O) groups excluding carboxylic acids is 1. The van der Waals surface area contributed by atoms with Gasteiger partial charge in [-0.2, -0.15) is 18.3 Å². The van der Waals surface area contributed by atoms with E-state index >= 15 is 0 Å². The van der Waals surface area contributed by atoms with Gasteiger partial charge in [-0.25, -0.2) is 9.18 Å². The SMILES string of the molecule is C/C=c1/c(C)nnc(NCc2cccc(C(F)(F)F)c2F)/c1=C/C(=C/CC)N1CCC2C1CN2C(=O)OC(C)(C)C. The van der Waals surface area contributed by atoms with Crippen LogP contribution in [0.2, 0.25) is 0 Å². The molecule has 0 bridgehead atoms. The number of aromatic nitrogens is 2. The molecule has 0 radical (unpaired) electrons. The van der Waals surface area contributed by atoms with Crippen LogP contribution in [-0.2, 0) is 17.5 Å². The highest BCUT2D eigenvalue weighted by Crippen LogP contribution is 2.36. The molecule has 2 aromatic rings. The number of nitrogens with zero attached hydrogens (tertiary/aromatic N) is 4. The highest BCUT2D eigenvalue weighted by atomic mass is 19.4. The minimum atomic E-state index is -4.79. The summed E-state index contributed by atoms with van der Waals surface area (Å²) >= 11 is 0. The average molecular weight is 576 g/mol. The number of fused-ring (bicyclic) bond motifs is 1. The standard InChI is InChI=1S/C30H37F4N5O2/c1-7-10-20(38-14-13-24-25(38)17-39(24)28(40)41-29(4,5)6)15-22-21(8-2)18(3)36-37-27(22)35-16-19-11-9-12-23(26(19)31)30(32,33)34/h8-12,15,24-25H,7,13-14,16-17H2,1-6H3,(H,35,37)/b20-10-,21-8-,22-15+. The Balaban J connectivity index is 1.64. The lowest BCUT2D eigenvalue weighted by molar-refractivity contribution is -0.140. The molecule has 1 aromatic carbocycles. The fraction of sp³-hybridized carbons (Fsp3) is 0.500. The lowest BCUT2D eigenvalue weighted by Crippen LogP contribution is -2.63. The first-order chi connectivity index (χ1) is 19.2. The molecule has 7 nitrogen and oxygen atoms in total. The monoisotopic (exact) mass is 575 g/mol. The number of carbonyl (C=O) groups is 1. The maximum atomic E-state index is 14.7. The van der Waals surface area contributed by atoms with E-state index in [1.165, 1.54) is 12.1 Å². The molecule has 1 amide bonds. The maximum Gasteiger partial charge on any atom is 0.419 e. The number of allylic oxidation sites excluding steroid dienone is 2. The predicted octanol–water partition coefficient (Wildman–Crippen LogP) is 5.12. The van der Waals surface area contributed by atoms with Crippen molar-refractivity contribution in [2.45, 2.75) is 84.8 Å². The smallest absolute Gasteiger partial charge is 0.419 e. The lowest BCUT2D eigenvalue weighted by atomic mass is 9.97. The van der Waals surface area contributed by atoms with Gasteiger partial charge >= 0.3 is 12.3 Å². The zero-order valence-electron chi connectivity index (χ0n) is 24.3. The summed E-state index contributed by atoms with van der Waals surface area (Å²) in [5.41, 5.74) is -0.365. The van der Waals surface area contributed by atoms with Crippen molar-refractivity contribution < 1.29 is 27.1 Å². The number of hydrogen-bond acceptors (Lipinski definition) is 6. The number of aryl methyl sites for hydroxylation is 1. The van der Waals surface area contributed by atoms with E-state index in [-0.39, 0.29) is 30.3 Å². The summed E-state index contributed by atoms with van der Waals surface area (Å²) in [6.07, 6.45) is 2.45. The number of ether oxygens (including phenoxy) is 1. The number of benzene rings is 1. The summed E-state index contributed by atoms with van der Waals surface area (Å²) < 4.78 is 60.0. The van der Waals surface area contributed by atoms with Gasteiger partial charge in [-0.1, -0.05) is 31.2 Å². The van der Waals surface area contributed by atoms with Gasteiger partial charge in [-0.15, -0.1) is 5.10 Å². The number of amides is 1. The van der Waals surface area contributed by atoms with E-state index in [1.807, 2.05) is 53.7 Å². The third-order valence-electron chi connectivity index (χ3n) is 7.31. The van der Waals surface area contributed by atoms with Crippen molar-refractivity contribution in [1.82, 2.24) is 20.0 Å².